The molecular formula is C21H32FN3O. The largest absolute Gasteiger partial charge is 0.341 e. The molecule has 1 unspecified atom stereocenters. The van der Waals surface area contributed by atoms with Gasteiger partial charge < -0.3 is 9.80 Å². The fourth-order valence-corrected chi connectivity index (χ4v) is 3.82. The van der Waals surface area contributed by atoms with Gasteiger partial charge in [0.15, 0.2) is 0 Å². The van der Waals surface area contributed by atoms with Crippen LogP contribution in [0, 0.1) is 17.7 Å². The van der Waals surface area contributed by atoms with Crippen LogP contribution in [0.25, 0.3) is 0 Å². The number of nitrogens with zero attached hydrogens (tertiary/aromatic N) is 3. The van der Waals surface area contributed by atoms with Crippen LogP contribution in [0.2, 0.25) is 0 Å². The summed E-state index contributed by atoms with van der Waals surface area (Å²) in [7, 11) is 4.10. The highest BCUT2D eigenvalue weighted by Gasteiger charge is 2.34. The maximum atomic E-state index is 13.9. The van der Waals surface area contributed by atoms with Gasteiger partial charge in [0.2, 0.25) is 5.91 Å². The van der Waals surface area contributed by atoms with E-state index in [0.717, 1.165) is 64.0 Å². The number of benzene rings is 1. The van der Waals surface area contributed by atoms with Crippen molar-refractivity contribution in [3.8, 4) is 0 Å². The Bertz CT molecular complexity index is 603. The Morgan fingerprint density at radius 3 is 2.65 bits per heavy atom. The average Bonchev–Trinajstić information content (AvgIpc) is 3.45. The molecule has 1 aromatic rings. The Morgan fingerprint density at radius 2 is 1.96 bits per heavy atom. The number of halogens is 1. The van der Waals surface area contributed by atoms with Gasteiger partial charge in [-0.15, -0.1) is 0 Å². The van der Waals surface area contributed by atoms with Crippen molar-refractivity contribution in [2.75, 3.05) is 46.8 Å². The third-order valence-corrected chi connectivity index (χ3v) is 5.49. The molecule has 1 saturated carbocycles. The molecule has 1 aliphatic heterocycles. The Balaban J connectivity index is 1.56. The Hall–Kier alpha value is -1.46. The van der Waals surface area contributed by atoms with E-state index in [2.05, 4.69) is 28.8 Å². The van der Waals surface area contributed by atoms with E-state index in [-0.39, 0.29) is 11.7 Å². The molecule has 4 nitrogen and oxygen atoms in total. The minimum Gasteiger partial charge on any atom is -0.341 e. The van der Waals surface area contributed by atoms with Crippen LogP contribution in [-0.4, -0.2) is 67.4 Å². The fourth-order valence-electron chi connectivity index (χ4n) is 3.82. The van der Waals surface area contributed by atoms with E-state index < -0.39 is 0 Å². The highest BCUT2D eigenvalue weighted by molar-refractivity contribution is 5.81. The number of likely N-dealkylation sites (N-methyl/N-ethyl adjacent to an activating group) is 1. The van der Waals surface area contributed by atoms with Crippen LogP contribution in [0.3, 0.4) is 0 Å². The number of likely N-dealkylation sites (tertiary alicyclic amines) is 1. The zero-order valence-corrected chi connectivity index (χ0v) is 16.2. The molecular weight excluding hydrogens is 329 g/mol. The summed E-state index contributed by atoms with van der Waals surface area (Å²) in [6, 6.07) is 7.05. The first-order valence-corrected chi connectivity index (χ1v) is 9.92. The first-order valence-electron chi connectivity index (χ1n) is 9.92. The van der Waals surface area contributed by atoms with Crippen molar-refractivity contribution in [2.24, 2.45) is 11.8 Å². The summed E-state index contributed by atoms with van der Waals surface area (Å²) < 4.78 is 13.9. The van der Waals surface area contributed by atoms with Crippen LogP contribution in [0.5, 0.6) is 0 Å². The number of carbonyl (C=O) groups excluding carboxylic acids is 1. The van der Waals surface area contributed by atoms with Gasteiger partial charge in [-0.05, 0) is 58.3 Å². The molecule has 144 valence electrons. The van der Waals surface area contributed by atoms with Gasteiger partial charge in [-0.25, -0.2) is 4.39 Å². The maximum absolute atomic E-state index is 13.9. The van der Waals surface area contributed by atoms with E-state index in [0.29, 0.717) is 18.4 Å². The van der Waals surface area contributed by atoms with Gasteiger partial charge in [0.25, 0.3) is 0 Å². The zero-order valence-electron chi connectivity index (χ0n) is 16.2. The van der Waals surface area contributed by atoms with Crippen LogP contribution in [-0.2, 0) is 11.3 Å². The second-order valence-electron chi connectivity index (χ2n) is 8.20. The molecule has 1 heterocycles. The van der Waals surface area contributed by atoms with Gasteiger partial charge in [0, 0.05) is 44.2 Å². The highest BCUT2D eigenvalue weighted by Crippen LogP contribution is 2.31. The number of hydrogen-bond donors (Lipinski definition) is 0. The normalized spacial score (nSPS) is 21.2. The van der Waals surface area contributed by atoms with E-state index >= 15 is 0 Å². The molecule has 1 saturated heterocycles. The van der Waals surface area contributed by atoms with Gasteiger partial charge in [-0.1, -0.05) is 18.2 Å². The first kappa shape index (κ1) is 19.3. The molecule has 3 rings (SSSR count). The zero-order chi connectivity index (χ0) is 18.5. The number of rotatable bonds is 8. The van der Waals surface area contributed by atoms with Crippen molar-refractivity contribution in [3.05, 3.63) is 35.6 Å². The summed E-state index contributed by atoms with van der Waals surface area (Å²) in [6.07, 6.45) is 4.39. The molecule has 0 N–H and O–H groups in total. The molecule has 1 aliphatic carbocycles. The van der Waals surface area contributed by atoms with Crippen molar-refractivity contribution in [2.45, 2.75) is 32.2 Å². The lowest BCUT2D eigenvalue weighted by atomic mass is 9.96. The summed E-state index contributed by atoms with van der Waals surface area (Å²) in [4.78, 5) is 19.2. The lowest BCUT2D eigenvalue weighted by Gasteiger charge is -2.36. The Labute approximate surface area is 157 Å². The van der Waals surface area contributed by atoms with Crippen LogP contribution < -0.4 is 0 Å². The molecule has 26 heavy (non-hydrogen) atoms. The van der Waals surface area contributed by atoms with Gasteiger partial charge >= 0.3 is 0 Å². The lowest BCUT2D eigenvalue weighted by molar-refractivity contribution is -0.133. The SMILES string of the molecule is CN(C)CCN(CC1CCCN(Cc2ccccc2F)C1)C(=O)C1CC1. The number of piperidine rings is 1. The summed E-state index contributed by atoms with van der Waals surface area (Å²) >= 11 is 0. The van der Waals surface area contributed by atoms with Crippen LogP contribution in [0.4, 0.5) is 4.39 Å². The lowest BCUT2D eigenvalue weighted by Crippen LogP contribution is -2.45. The molecule has 0 radical (unpaired) electrons. The third kappa shape index (κ3) is 5.52. The third-order valence-electron chi connectivity index (χ3n) is 5.49. The molecule has 0 bridgehead atoms. The average molecular weight is 362 g/mol. The molecule has 0 spiro atoms. The summed E-state index contributed by atoms with van der Waals surface area (Å²) in [5.74, 6) is 0.986. The second-order valence-corrected chi connectivity index (χ2v) is 8.20. The van der Waals surface area contributed by atoms with Crippen molar-refractivity contribution < 1.29 is 9.18 Å². The summed E-state index contributed by atoms with van der Waals surface area (Å²) in [5.41, 5.74) is 0.770. The number of amides is 1. The van der Waals surface area contributed by atoms with E-state index in [1.165, 1.54) is 6.07 Å². The molecule has 1 aromatic carbocycles. The number of hydrogen-bond acceptors (Lipinski definition) is 3. The molecule has 2 aliphatic rings. The predicted octanol–water partition coefficient (Wildman–Crippen LogP) is 2.84. The van der Waals surface area contributed by atoms with Gasteiger partial charge in [0.1, 0.15) is 5.82 Å². The molecule has 1 amide bonds. The van der Waals surface area contributed by atoms with E-state index in [1.54, 1.807) is 6.07 Å². The topological polar surface area (TPSA) is 26.8 Å². The minimum absolute atomic E-state index is 0.119. The van der Waals surface area contributed by atoms with E-state index in [9.17, 15) is 9.18 Å². The van der Waals surface area contributed by atoms with Gasteiger partial charge in [0.05, 0.1) is 0 Å². The molecule has 2 fully saturated rings. The van der Waals surface area contributed by atoms with E-state index in [4.69, 9.17) is 0 Å². The van der Waals surface area contributed by atoms with Crippen molar-refractivity contribution >= 4 is 5.91 Å². The van der Waals surface area contributed by atoms with Crippen LogP contribution in [0.15, 0.2) is 24.3 Å². The van der Waals surface area contributed by atoms with Crippen LogP contribution in [0.1, 0.15) is 31.2 Å². The highest BCUT2D eigenvalue weighted by atomic mass is 19.1. The van der Waals surface area contributed by atoms with Crippen molar-refractivity contribution in [3.63, 3.8) is 0 Å². The minimum atomic E-state index is -0.119. The standard InChI is InChI=1S/C21H32FN3O/c1-23(2)12-13-25(21(26)18-9-10-18)15-17-6-5-11-24(14-17)16-19-7-3-4-8-20(19)22/h3-4,7-8,17-18H,5-6,9-16H2,1-2H3. The second kappa shape index (κ2) is 8.96. The Kier molecular flexibility index (Phi) is 6.65. The molecule has 1 atom stereocenters. The Morgan fingerprint density at radius 1 is 1.19 bits per heavy atom. The summed E-state index contributed by atoms with van der Waals surface area (Å²) in [5, 5.41) is 0. The van der Waals surface area contributed by atoms with Crippen LogP contribution >= 0.6 is 0 Å². The summed E-state index contributed by atoms with van der Waals surface area (Å²) in [6.45, 7) is 5.19. The maximum Gasteiger partial charge on any atom is 0.225 e. The van der Waals surface area contributed by atoms with Crippen molar-refractivity contribution in [1.82, 2.24) is 14.7 Å². The van der Waals surface area contributed by atoms with Gasteiger partial charge in [-0.2, -0.15) is 0 Å². The van der Waals surface area contributed by atoms with Gasteiger partial charge in [-0.3, -0.25) is 9.69 Å². The smallest absolute Gasteiger partial charge is 0.225 e. The number of carbonyl (C=O) groups is 1. The van der Waals surface area contributed by atoms with Crippen molar-refractivity contribution in [1.29, 1.82) is 0 Å². The monoisotopic (exact) mass is 361 g/mol. The molecule has 5 heteroatoms. The first-order chi connectivity index (χ1) is 12.5. The fraction of sp³-hybridized carbons (Fsp3) is 0.667. The predicted molar refractivity (Wildman–Crippen MR) is 102 cm³/mol. The van der Waals surface area contributed by atoms with E-state index in [1.807, 2.05) is 12.1 Å². The molecule has 0 aromatic heterocycles. The quantitative estimate of drug-likeness (QED) is 0.712.